The molecule has 106 valence electrons. The lowest BCUT2D eigenvalue weighted by Crippen LogP contribution is -2.50. The molecule has 3 nitrogen and oxygen atoms in total. The minimum atomic E-state index is 0.509. The van der Waals surface area contributed by atoms with Crippen molar-refractivity contribution in [2.75, 3.05) is 33.4 Å². The maximum atomic E-state index is 5.36. The van der Waals surface area contributed by atoms with Gasteiger partial charge in [0.1, 0.15) is 0 Å². The highest BCUT2D eigenvalue weighted by Crippen LogP contribution is 2.36. The van der Waals surface area contributed by atoms with E-state index in [-0.39, 0.29) is 0 Å². The largest absolute Gasteiger partial charge is 0.383 e. The number of rotatable bonds is 7. The molecule has 3 unspecified atom stereocenters. The molecule has 1 aliphatic heterocycles. The number of likely N-dealkylation sites (tertiary alicyclic amines) is 1. The molecule has 3 heteroatoms. The number of hydrogen-bond acceptors (Lipinski definition) is 3. The summed E-state index contributed by atoms with van der Waals surface area (Å²) in [6.45, 7) is 6.65. The summed E-state index contributed by atoms with van der Waals surface area (Å²) in [7, 11) is 1.81. The van der Waals surface area contributed by atoms with Crippen LogP contribution in [0.25, 0.3) is 0 Å². The first-order valence-electron chi connectivity index (χ1n) is 7.81. The Hall–Kier alpha value is -0.120. The van der Waals surface area contributed by atoms with Crippen molar-refractivity contribution in [3.05, 3.63) is 0 Å². The van der Waals surface area contributed by atoms with Crippen LogP contribution in [0.1, 0.15) is 45.4 Å². The second kappa shape index (κ2) is 7.46. The zero-order chi connectivity index (χ0) is 12.8. The van der Waals surface area contributed by atoms with E-state index in [0.29, 0.717) is 6.04 Å². The monoisotopic (exact) mass is 254 g/mol. The standard InChI is InChI=1S/C15H30N2O/c1-3-9-16-14(12-18-2)11-17-10-5-7-13-6-4-8-15(13)17/h13-16H,3-12H2,1-2H3. The summed E-state index contributed by atoms with van der Waals surface area (Å²) in [5, 5.41) is 3.63. The Morgan fingerprint density at radius 2 is 2.11 bits per heavy atom. The first-order valence-corrected chi connectivity index (χ1v) is 7.81. The summed E-state index contributed by atoms with van der Waals surface area (Å²) < 4.78 is 5.36. The zero-order valence-electron chi connectivity index (χ0n) is 12.2. The molecule has 1 N–H and O–H groups in total. The molecule has 0 aromatic rings. The molecular formula is C15H30N2O. The van der Waals surface area contributed by atoms with Gasteiger partial charge in [0.15, 0.2) is 0 Å². The third-order valence-electron chi connectivity index (χ3n) is 4.61. The molecule has 0 aromatic heterocycles. The molecular weight excluding hydrogens is 224 g/mol. The molecule has 1 heterocycles. The lowest BCUT2D eigenvalue weighted by atomic mass is 9.91. The average molecular weight is 254 g/mol. The second-order valence-electron chi connectivity index (χ2n) is 6.00. The topological polar surface area (TPSA) is 24.5 Å². The third-order valence-corrected chi connectivity index (χ3v) is 4.61. The van der Waals surface area contributed by atoms with E-state index in [0.717, 1.165) is 25.1 Å². The van der Waals surface area contributed by atoms with Crippen molar-refractivity contribution in [1.29, 1.82) is 0 Å². The Bertz CT molecular complexity index is 235. The van der Waals surface area contributed by atoms with Crippen molar-refractivity contribution in [1.82, 2.24) is 10.2 Å². The van der Waals surface area contributed by atoms with Crippen molar-refractivity contribution in [2.24, 2.45) is 5.92 Å². The summed E-state index contributed by atoms with van der Waals surface area (Å²) in [5.74, 6) is 0.994. The third kappa shape index (κ3) is 3.69. The normalized spacial score (nSPS) is 30.3. The molecule has 2 aliphatic rings. The van der Waals surface area contributed by atoms with E-state index in [1.165, 1.54) is 51.6 Å². The van der Waals surface area contributed by atoms with Crippen LogP contribution in [-0.4, -0.2) is 50.3 Å². The van der Waals surface area contributed by atoms with E-state index < -0.39 is 0 Å². The fourth-order valence-electron chi connectivity index (χ4n) is 3.79. The summed E-state index contributed by atoms with van der Waals surface area (Å²) in [6.07, 6.45) is 8.42. The number of fused-ring (bicyclic) bond motifs is 1. The Morgan fingerprint density at radius 3 is 2.89 bits per heavy atom. The van der Waals surface area contributed by atoms with Crippen molar-refractivity contribution < 1.29 is 4.74 Å². The van der Waals surface area contributed by atoms with Crippen LogP contribution in [0.15, 0.2) is 0 Å². The quantitative estimate of drug-likeness (QED) is 0.754. The lowest BCUT2D eigenvalue weighted by Gasteiger charge is -2.39. The second-order valence-corrected chi connectivity index (χ2v) is 6.00. The van der Waals surface area contributed by atoms with Crippen molar-refractivity contribution in [2.45, 2.75) is 57.5 Å². The van der Waals surface area contributed by atoms with Crippen LogP contribution in [0, 0.1) is 5.92 Å². The van der Waals surface area contributed by atoms with Crippen molar-refractivity contribution in [3.63, 3.8) is 0 Å². The number of nitrogens with zero attached hydrogens (tertiary/aromatic N) is 1. The van der Waals surface area contributed by atoms with Gasteiger partial charge in [0, 0.05) is 25.7 Å². The molecule has 1 saturated carbocycles. The average Bonchev–Trinajstić information content (AvgIpc) is 2.85. The maximum absolute atomic E-state index is 5.36. The number of methoxy groups -OCH3 is 1. The van der Waals surface area contributed by atoms with Gasteiger partial charge in [0.2, 0.25) is 0 Å². The van der Waals surface area contributed by atoms with Gasteiger partial charge in [-0.1, -0.05) is 13.3 Å². The molecule has 2 fully saturated rings. The van der Waals surface area contributed by atoms with Gasteiger partial charge in [-0.2, -0.15) is 0 Å². The Morgan fingerprint density at radius 1 is 1.28 bits per heavy atom. The van der Waals surface area contributed by atoms with Gasteiger partial charge in [-0.05, 0) is 51.1 Å². The Kier molecular flexibility index (Phi) is 5.93. The van der Waals surface area contributed by atoms with Crippen LogP contribution < -0.4 is 5.32 Å². The number of nitrogens with one attached hydrogen (secondary N) is 1. The van der Waals surface area contributed by atoms with Crippen LogP contribution in [-0.2, 0) is 4.74 Å². The van der Waals surface area contributed by atoms with E-state index >= 15 is 0 Å². The van der Waals surface area contributed by atoms with Gasteiger partial charge in [-0.15, -0.1) is 0 Å². The highest BCUT2D eigenvalue weighted by molar-refractivity contribution is 4.90. The molecule has 0 aromatic carbocycles. The van der Waals surface area contributed by atoms with Crippen LogP contribution >= 0.6 is 0 Å². The van der Waals surface area contributed by atoms with Gasteiger partial charge in [-0.25, -0.2) is 0 Å². The fourth-order valence-corrected chi connectivity index (χ4v) is 3.79. The van der Waals surface area contributed by atoms with Gasteiger partial charge in [0.25, 0.3) is 0 Å². The molecule has 2 rings (SSSR count). The highest BCUT2D eigenvalue weighted by Gasteiger charge is 2.35. The first-order chi connectivity index (χ1) is 8.85. The van der Waals surface area contributed by atoms with Crippen molar-refractivity contribution in [3.8, 4) is 0 Å². The number of piperidine rings is 1. The smallest absolute Gasteiger partial charge is 0.0628 e. The summed E-state index contributed by atoms with van der Waals surface area (Å²) in [5.41, 5.74) is 0. The SMILES string of the molecule is CCCNC(COC)CN1CCCC2CCCC21. The van der Waals surface area contributed by atoms with Crippen LogP contribution in [0.3, 0.4) is 0 Å². The van der Waals surface area contributed by atoms with E-state index in [9.17, 15) is 0 Å². The predicted molar refractivity (Wildman–Crippen MR) is 75.9 cm³/mol. The van der Waals surface area contributed by atoms with E-state index in [1.54, 1.807) is 0 Å². The minimum Gasteiger partial charge on any atom is -0.383 e. The van der Waals surface area contributed by atoms with E-state index in [1.807, 2.05) is 7.11 Å². The molecule has 18 heavy (non-hydrogen) atoms. The molecule has 1 saturated heterocycles. The first kappa shape index (κ1) is 14.3. The Balaban J connectivity index is 1.84. The van der Waals surface area contributed by atoms with Crippen LogP contribution in [0.5, 0.6) is 0 Å². The number of ether oxygens (including phenoxy) is 1. The van der Waals surface area contributed by atoms with Gasteiger partial charge in [0.05, 0.1) is 6.61 Å². The molecule has 0 bridgehead atoms. The van der Waals surface area contributed by atoms with E-state index in [2.05, 4.69) is 17.1 Å². The molecule has 0 radical (unpaired) electrons. The van der Waals surface area contributed by atoms with Gasteiger partial charge >= 0.3 is 0 Å². The maximum Gasteiger partial charge on any atom is 0.0628 e. The highest BCUT2D eigenvalue weighted by atomic mass is 16.5. The molecule has 0 spiro atoms. The molecule has 0 amide bonds. The minimum absolute atomic E-state index is 0.509. The fraction of sp³-hybridized carbons (Fsp3) is 1.00. The van der Waals surface area contributed by atoms with Crippen molar-refractivity contribution >= 4 is 0 Å². The Labute approximate surface area is 112 Å². The van der Waals surface area contributed by atoms with Gasteiger partial charge in [-0.3, -0.25) is 4.90 Å². The summed E-state index contributed by atoms with van der Waals surface area (Å²) in [6, 6.07) is 1.39. The molecule has 3 atom stereocenters. The molecule has 1 aliphatic carbocycles. The predicted octanol–water partition coefficient (Wildman–Crippen LogP) is 2.27. The van der Waals surface area contributed by atoms with E-state index in [4.69, 9.17) is 4.74 Å². The zero-order valence-corrected chi connectivity index (χ0v) is 12.2. The number of hydrogen-bond donors (Lipinski definition) is 1. The van der Waals surface area contributed by atoms with Crippen LogP contribution in [0.4, 0.5) is 0 Å². The summed E-state index contributed by atoms with van der Waals surface area (Å²) in [4.78, 5) is 2.74. The lowest BCUT2D eigenvalue weighted by molar-refractivity contribution is 0.0783. The summed E-state index contributed by atoms with van der Waals surface area (Å²) >= 11 is 0. The van der Waals surface area contributed by atoms with Gasteiger partial charge < -0.3 is 10.1 Å². The van der Waals surface area contributed by atoms with Crippen LogP contribution in [0.2, 0.25) is 0 Å².